The maximum Gasteiger partial charge on any atom is 0.232 e. The van der Waals surface area contributed by atoms with Gasteiger partial charge < -0.3 is 4.42 Å². The van der Waals surface area contributed by atoms with Crippen LogP contribution in [0.4, 0.5) is 10.1 Å². The van der Waals surface area contributed by atoms with E-state index >= 15 is 0 Å². The van der Waals surface area contributed by atoms with Crippen molar-refractivity contribution in [2.75, 3.05) is 17.1 Å². The highest BCUT2D eigenvalue weighted by molar-refractivity contribution is 7.92. The van der Waals surface area contributed by atoms with Gasteiger partial charge in [0.2, 0.25) is 10.0 Å². The number of ketones is 1. The van der Waals surface area contributed by atoms with Crippen LogP contribution in [-0.2, 0) is 16.4 Å². The predicted octanol–water partition coefficient (Wildman–Crippen LogP) is 8.29. The number of halogens is 1. The Morgan fingerprint density at radius 1 is 0.854 bits per heavy atom. The molecule has 0 saturated heterocycles. The van der Waals surface area contributed by atoms with E-state index in [4.69, 9.17) is 4.42 Å². The second-order valence-corrected chi connectivity index (χ2v) is 12.0. The zero-order valence-electron chi connectivity index (χ0n) is 23.1. The number of aryl methyl sites for hydroxylation is 1. The molecular formula is C34H32FNO4S. The minimum atomic E-state index is -3.66. The molecule has 0 N–H and O–H groups in total. The fourth-order valence-corrected chi connectivity index (χ4v) is 6.11. The first-order chi connectivity index (χ1) is 19.8. The van der Waals surface area contributed by atoms with E-state index in [2.05, 4.69) is 12.1 Å². The van der Waals surface area contributed by atoms with E-state index in [1.807, 2.05) is 54.6 Å². The number of carbonyl (C=O) groups excluding carboxylic acids is 1. The van der Waals surface area contributed by atoms with Crippen molar-refractivity contribution < 1.29 is 22.0 Å². The Kier molecular flexibility index (Phi) is 8.36. The average Bonchev–Trinajstić information content (AvgIpc) is 3.35. The molecule has 0 atom stereocenters. The number of anilines is 1. The van der Waals surface area contributed by atoms with Crippen molar-refractivity contribution in [1.29, 1.82) is 0 Å². The molecule has 7 heteroatoms. The fourth-order valence-electron chi connectivity index (χ4n) is 5.14. The topological polar surface area (TPSA) is 67.6 Å². The monoisotopic (exact) mass is 569 g/mol. The summed E-state index contributed by atoms with van der Waals surface area (Å²) in [5.74, 6) is -0.162. The van der Waals surface area contributed by atoms with E-state index in [-0.39, 0.29) is 12.2 Å². The van der Waals surface area contributed by atoms with Gasteiger partial charge in [0.1, 0.15) is 17.2 Å². The molecule has 210 valence electrons. The van der Waals surface area contributed by atoms with Gasteiger partial charge in [0.25, 0.3) is 0 Å². The predicted molar refractivity (Wildman–Crippen MR) is 163 cm³/mol. The summed E-state index contributed by atoms with van der Waals surface area (Å²) < 4.78 is 47.8. The Morgan fingerprint density at radius 2 is 1.51 bits per heavy atom. The molecule has 5 aromatic rings. The largest absolute Gasteiger partial charge is 0.455 e. The van der Waals surface area contributed by atoms with Crippen LogP contribution in [0.25, 0.3) is 33.4 Å². The molecule has 0 unspecified atom stereocenters. The zero-order chi connectivity index (χ0) is 29.0. The second-order valence-electron chi connectivity index (χ2n) is 10.1. The number of Topliss-reactive ketones (excluding diaryl/α,β-unsaturated/α-hetero) is 1. The standard InChI is InChI=1S/C34H32FNO4S/c1-3-31(37)33-29-22-28(25-15-8-5-9-16-25)30(23-32(29)40-34(33)26-17-19-27(35)20-18-26)36(41(2,38)39)21-11-10-14-24-12-6-4-7-13-24/h4-9,12-13,15-20,22-23H,3,10-11,14,21H2,1-2H3. The van der Waals surface area contributed by atoms with Crippen LogP contribution in [0.1, 0.15) is 42.1 Å². The van der Waals surface area contributed by atoms with E-state index in [9.17, 15) is 17.6 Å². The Balaban J connectivity index is 1.64. The van der Waals surface area contributed by atoms with Crippen LogP contribution in [0, 0.1) is 5.82 Å². The van der Waals surface area contributed by atoms with Crippen molar-refractivity contribution in [2.24, 2.45) is 0 Å². The lowest BCUT2D eigenvalue weighted by atomic mass is 9.96. The minimum absolute atomic E-state index is 0.115. The van der Waals surface area contributed by atoms with Gasteiger partial charge >= 0.3 is 0 Å². The van der Waals surface area contributed by atoms with Crippen molar-refractivity contribution in [3.8, 4) is 22.5 Å². The molecule has 0 aliphatic heterocycles. The van der Waals surface area contributed by atoms with E-state index in [1.165, 1.54) is 28.3 Å². The molecule has 0 spiro atoms. The van der Waals surface area contributed by atoms with E-state index in [0.29, 0.717) is 52.1 Å². The molecule has 0 radical (unpaired) electrons. The lowest BCUT2D eigenvalue weighted by molar-refractivity contribution is 0.0989. The molecule has 5 rings (SSSR count). The van der Waals surface area contributed by atoms with Crippen molar-refractivity contribution >= 4 is 32.5 Å². The van der Waals surface area contributed by atoms with Crippen molar-refractivity contribution in [1.82, 2.24) is 0 Å². The molecule has 0 bridgehead atoms. The van der Waals surface area contributed by atoms with Crippen LogP contribution >= 0.6 is 0 Å². The SMILES string of the molecule is CCC(=O)c1c(-c2ccc(F)cc2)oc2cc(N(CCCCc3ccccc3)S(C)(=O)=O)c(-c3ccccc3)cc12. The molecule has 0 saturated carbocycles. The number of nitrogens with zero attached hydrogens (tertiary/aromatic N) is 1. The number of hydrogen-bond donors (Lipinski definition) is 0. The van der Waals surface area contributed by atoms with Crippen molar-refractivity contribution in [3.05, 3.63) is 114 Å². The van der Waals surface area contributed by atoms with Crippen LogP contribution in [0.15, 0.2) is 101 Å². The molecule has 4 aromatic carbocycles. The third kappa shape index (κ3) is 6.25. The fraction of sp³-hybridized carbons (Fsp3) is 0.206. The Morgan fingerprint density at radius 3 is 2.15 bits per heavy atom. The Hall–Kier alpha value is -4.23. The third-order valence-electron chi connectivity index (χ3n) is 7.19. The van der Waals surface area contributed by atoms with Gasteiger partial charge in [0.15, 0.2) is 5.78 Å². The minimum Gasteiger partial charge on any atom is -0.455 e. The van der Waals surface area contributed by atoms with Gasteiger partial charge in [-0.2, -0.15) is 0 Å². The quantitative estimate of drug-likeness (QED) is 0.119. The summed E-state index contributed by atoms with van der Waals surface area (Å²) in [6.45, 7) is 2.08. The summed E-state index contributed by atoms with van der Waals surface area (Å²) in [5, 5.41) is 0.594. The average molecular weight is 570 g/mol. The van der Waals surface area contributed by atoms with Gasteiger partial charge in [-0.1, -0.05) is 67.6 Å². The summed E-state index contributed by atoms with van der Waals surface area (Å²) in [6.07, 6.45) is 3.80. The van der Waals surface area contributed by atoms with Crippen LogP contribution in [-0.4, -0.2) is 27.0 Å². The van der Waals surface area contributed by atoms with Crippen molar-refractivity contribution in [2.45, 2.75) is 32.6 Å². The molecule has 5 nitrogen and oxygen atoms in total. The first-order valence-corrected chi connectivity index (χ1v) is 15.6. The summed E-state index contributed by atoms with van der Waals surface area (Å²) >= 11 is 0. The number of rotatable bonds is 11. The number of carbonyl (C=O) groups is 1. The van der Waals surface area contributed by atoms with Gasteiger partial charge in [0, 0.05) is 35.5 Å². The van der Waals surface area contributed by atoms with Crippen LogP contribution in [0.2, 0.25) is 0 Å². The molecule has 0 amide bonds. The maximum absolute atomic E-state index is 13.7. The highest BCUT2D eigenvalue weighted by Crippen LogP contribution is 2.42. The maximum atomic E-state index is 13.7. The lowest BCUT2D eigenvalue weighted by Gasteiger charge is -2.25. The second kappa shape index (κ2) is 12.1. The number of benzene rings is 4. The van der Waals surface area contributed by atoms with Crippen LogP contribution in [0.5, 0.6) is 0 Å². The normalized spacial score (nSPS) is 11.6. The van der Waals surface area contributed by atoms with E-state index in [0.717, 1.165) is 18.4 Å². The summed E-state index contributed by atoms with van der Waals surface area (Å²) in [6, 6.07) is 29.0. The lowest BCUT2D eigenvalue weighted by Crippen LogP contribution is -2.31. The van der Waals surface area contributed by atoms with Gasteiger partial charge in [-0.05, 0) is 60.7 Å². The molecular weight excluding hydrogens is 537 g/mol. The number of hydrogen-bond acceptors (Lipinski definition) is 4. The van der Waals surface area contributed by atoms with Crippen LogP contribution < -0.4 is 4.31 Å². The summed E-state index contributed by atoms with van der Waals surface area (Å²) in [7, 11) is -3.66. The Labute approximate surface area is 240 Å². The van der Waals surface area contributed by atoms with E-state index < -0.39 is 15.8 Å². The highest BCUT2D eigenvalue weighted by Gasteiger charge is 2.27. The van der Waals surface area contributed by atoms with Gasteiger partial charge in [-0.3, -0.25) is 9.10 Å². The Bertz CT molecular complexity index is 1760. The van der Waals surface area contributed by atoms with Gasteiger partial charge in [0.05, 0.1) is 17.5 Å². The zero-order valence-corrected chi connectivity index (χ0v) is 24.0. The number of fused-ring (bicyclic) bond motifs is 1. The molecule has 0 fully saturated rings. The molecule has 41 heavy (non-hydrogen) atoms. The number of furan rings is 1. The van der Waals surface area contributed by atoms with Crippen molar-refractivity contribution in [3.63, 3.8) is 0 Å². The number of unbranched alkanes of at least 4 members (excludes halogenated alkanes) is 1. The molecule has 0 aliphatic rings. The summed E-state index contributed by atoms with van der Waals surface area (Å²) in [4.78, 5) is 13.2. The first kappa shape index (κ1) is 28.3. The molecule has 1 aromatic heterocycles. The number of sulfonamides is 1. The highest BCUT2D eigenvalue weighted by atomic mass is 32.2. The first-order valence-electron chi connectivity index (χ1n) is 13.7. The van der Waals surface area contributed by atoms with Gasteiger partial charge in [-0.25, -0.2) is 12.8 Å². The third-order valence-corrected chi connectivity index (χ3v) is 8.37. The van der Waals surface area contributed by atoms with E-state index in [1.54, 1.807) is 25.1 Å². The summed E-state index contributed by atoms with van der Waals surface area (Å²) in [5.41, 5.74) is 4.58. The molecule has 0 aliphatic carbocycles. The van der Waals surface area contributed by atoms with Gasteiger partial charge in [-0.15, -0.1) is 0 Å². The van der Waals surface area contributed by atoms with Crippen LogP contribution in [0.3, 0.4) is 0 Å². The molecule has 1 heterocycles. The smallest absolute Gasteiger partial charge is 0.232 e.